The van der Waals surface area contributed by atoms with E-state index in [1.807, 2.05) is 12.1 Å². The van der Waals surface area contributed by atoms with Crippen LogP contribution in [0.5, 0.6) is 17.2 Å². The highest BCUT2D eigenvalue weighted by Gasteiger charge is 2.28. The van der Waals surface area contributed by atoms with Crippen molar-refractivity contribution in [3.63, 3.8) is 0 Å². The largest absolute Gasteiger partial charge is 0.496 e. The third-order valence-electron chi connectivity index (χ3n) is 3.59. The Morgan fingerprint density at radius 2 is 1.50 bits per heavy atom. The molecule has 0 saturated heterocycles. The van der Waals surface area contributed by atoms with Gasteiger partial charge in [-0.2, -0.15) is 0 Å². The summed E-state index contributed by atoms with van der Waals surface area (Å²) in [5.74, 6) is 2.14. The fourth-order valence-corrected chi connectivity index (χ4v) is 1.95. The van der Waals surface area contributed by atoms with Crippen molar-refractivity contribution < 1.29 is 14.2 Å². The number of hydrogen-bond acceptors (Lipinski definition) is 4. The summed E-state index contributed by atoms with van der Waals surface area (Å²) < 4.78 is 16.1. The van der Waals surface area contributed by atoms with Crippen LogP contribution in [-0.4, -0.2) is 27.9 Å². The molecule has 0 aromatic heterocycles. The zero-order chi connectivity index (χ0) is 13.8. The van der Waals surface area contributed by atoms with Crippen molar-refractivity contribution in [1.82, 2.24) is 0 Å². The van der Waals surface area contributed by atoms with Crippen molar-refractivity contribution >= 4 is 0 Å². The van der Waals surface area contributed by atoms with Gasteiger partial charge in [0.05, 0.1) is 21.3 Å². The van der Waals surface area contributed by atoms with Crippen molar-refractivity contribution in [1.29, 1.82) is 0 Å². The summed E-state index contributed by atoms with van der Waals surface area (Å²) in [5.41, 5.74) is 6.82. The number of ether oxygens (including phenoxy) is 3. The molecule has 0 fully saturated rings. The van der Waals surface area contributed by atoms with Crippen LogP contribution in [0.3, 0.4) is 0 Å². The van der Waals surface area contributed by atoms with E-state index in [9.17, 15) is 0 Å². The lowest BCUT2D eigenvalue weighted by atomic mass is 9.79. The molecule has 1 atom stereocenters. The first-order valence-corrected chi connectivity index (χ1v) is 6.06. The maximum absolute atomic E-state index is 5.91. The molecule has 4 heteroatoms. The first-order valence-electron chi connectivity index (χ1n) is 6.06. The molecule has 1 aromatic rings. The van der Waals surface area contributed by atoms with Gasteiger partial charge in [-0.1, -0.05) is 13.8 Å². The van der Waals surface area contributed by atoms with E-state index in [2.05, 4.69) is 13.8 Å². The highest BCUT2D eigenvalue weighted by atomic mass is 16.5. The van der Waals surface area contributed by atoms with Crippen LogP contribution in [0, 0.1) is 0 Å². The highest BCUT2D eigenvalue weighted by molar-refractivity contribution is 5.53. The smallest absolute Gasteiger partial charge is 0.164 e. The molecule has 18 heavy (non-hydrogen) atoms. The predicted molar refractivity (Wildman–Crippen MR) is 72.8 cm³/mol. The molecule has 0 radical (unpaired) electrons. The van der Waals surface area contributed by atoms with Crippen LogP contribution in [0.25, 0.3) is 0 Å². The molecule has 1 aromatic carbocycles. The van der Waals surface area contributed by atoms with Crippen molar-refractivity contribution in [2.24, 2.45) is 5.73 Å². The summed E-state index contributed by atoms with van der Waals surface area (Å²) in [6.07, 6.45) is 0.926. The van der Waals surface area contributed by atoms with E-state index in [0.29, 0.717) is 18.0 Å². The van der Waals surface area contributed by atoms with Crippen LogP contribution in [0.15, 0.2) is 12.1 Å². The minimum absolute atomic E-state index is 0.134. The third-order valence-corrected chi connectivity index (χ3v) is 3.59. The quantitative estimate of drug-likeness (QED) is 0.845. The van der Waals surface area contributed by atoms with Gasteiger partial charge in [-0.15, -0.1) is 0 Å². The molecule has 1 unspecified atom stereocenters. The van der Waals surface area contributed by atoms with Gasteiger partial charge < -0.3 is 19.9 Å². The minimum atomic E-state index is -0.134. The van der Waals surface area contributed by atoms with E-state index in [-0.39, 0.29) is 5.41 Å². The van der Waals surface area contributed by atoms with Crippen LogP contribution in [0.4, 0.5) is 0 Å². The molecular formula is C14H23NO3. The second-order valence-corrected chi connectivity index (χ2v) is 4.53. The molecule has 0 aliphatic heterocycles. The molecular weight excluding hydrogens is 230 g/mol. The monoisotopic (exact) mass is 253 g/mol. The summed E-state index contributed by atoms with van der Waals surface area (Å²) in [7, 11) is 4.89. The van der Waals surface area contributed by atoms with Crippen molar-refractivity contribution in [3.05, 3.63) is 17.7 Å². The van der Waals surface area contributed by atoms with Crippen LogP contribution < -0.4 is 19.9 Å². The first kappa shape index (κ1) is 14.6. The average molecular weight is 253 g/mol. The van der Waals surface area contributed by atoms with Crippen LogP contribution in [0.1, 0.15) is 25.8 Å². The molecule has 0 spiro atoms. The molecule has 0 bridgehead atoms. The Bertz CT molecular complexity index is 400. The third kappa shape index (κ3) is 2.53. The molecule has 0 saturated carbocycles. The fraction of sp³-hybridized carbons (Fsp3) is 0.571. The summed E-state index contributed by atoms with van der Waals surface area (Å²) in [5, 5.41) is 0. The van der Waals surface area contributed by atoms with Crippen molar-refractivity contribution in [2.75, 3.05) is 27.9 Å². The van der Waals surface area contributed by atoms with E-state index >= 15 is 0 Å². The van der Waals surface area contributed by atoms with Gasteiger partial charge in [0.25, 0.3) is 0 Å². The van der Waals surface area contributed by atoms with E-state index in [1.54, 1.807) is 21.3 Å². The second kappa shape index (κ2) is 5.96. The van der Waals surface area contributed by atoms with Crippen molar-refractivity contribution in [2.45, 2.75) is 25.7 Å². The normalized spacial score (nSPS) is 13.9. The van der Waals surface area contributed by atoms with Crippen molar-refractivity contribution in [3.8, 4) is 17.2 Å². The average Bonchev–Trinajstić information content (AvgIpc) is 2.44. The van der Waals surface area contributed by atoms with Gasteiger partial charge in [0.1, 0.15) is 5.75 Å². The maximum atomic E-state index is 5.91. The van der Waals surface area contributed by atoms with Crippen LogP contribution in [0.2, 0.25) is 0 Å². The standard InChI is InChI=1S/C14H23NO3/c1-6-14(2,9-15)10-7-12(17-4)13(18-5)8-11(10)16-3/h7-8H,6,9,15H2,1-5H3. The van der Waals surface area contributed by atoms with Gasteiger partial charge in [0.15, 0.2) is 11.5 Å². The number of benzene rings is 1. The Morgan fingerprint density at radius 3 is 1.89 bits per heavy atom. The number of hydrogen-bond donors (Lipinski definition) is 1. The molecule has 102 valence electrons. The highest BCUT2D eigenvalue weighted by Crippen LogP contribution is 2.41. The lowest BCUT2D eigenvalue weighted by Crippen LogP contribution is -2.31. The zero-order valence-electron chi connectivity index (χ0n) is 11.9. The van der Waals surface area contributed by atoms with Gasteiger partial charge >= 0.3 is 0 Å². The maximum Gasteiger partial charge on any atom is 0.164 e. The predicted octanol–water partition coefficient (Wildman–Crippen LogP) is 2.34. The molecule has 0 aliphatic carbocycles. The van der Waals surface area contributed by atoms with E-state index in [1.165, 1.54) is 0 Å². The van der Waals surface area contributed by atoms with E-state index in [0.717, 1.165) is 17.7 Å². The Labute approximate surface area is 109 Å². The molecule has 0 aliphatic rings. The Hall–Kier alpha value is -1.42. The number of rotatable bonds is 6. The Morgan fingerprint density at radius 1 is 1.00 bits per heavy atom. The van der Waals surface area contributed by atoms with Gasteiger partial charge in [0, 0.05) is 23.6 Å². The summed E-state index contributed by atoms with van der Waals surface area (Å²) in [4.78, 5) is 0. The van der Waals surface area contributed by atoms with Gasteiger partial charge in [-0.3, -0.25) is 0 Å². The van der Waals surface area contributed by atoms with Crippen LogP contribution in [-0.2, 0) is 5.41 Å². The molecule has 2 N–H and O–H groups in total. The summed E-state index contributed by atoms with van der Waals surface area (Å²) in [6, 6.07) is 3.80. The van der Waals surface area contributed by atoms with Gasteiger partial charge in [-0.25, -0.2) is 0 Å². The molecule has 0 amide bonds. The lowest BCUT2D eigenvalue weighted by molar-refractivity contribution is 0.340. The Balaban J connectivity index is 3.42. The SMILES string of the molecule is CCC(C)(CN)c1cc(OC)c(OC)cc1OC. The first-order chi connectivity index (χ1) is 8.56. The Kier molecular flexibility index (Phi) is 4.84. The second-order valence-electron chi connectivity index (χ2n) is 4.53. The fourth-order valence-electron chi connectivity index (χ4n) is 1.95. The lowest BCUT2D eigenvalue weighted by Gasteiger charge is -2.29. The molecule has 0 heterocycles. The van der Waals surface area contributed by atoms with E-state index in [4.69, 9.17) is 19.9 Å². The van der Waals surface area contributed by atoms with Gasteiger partial charge in [-0.05, 0) is 12.5 Å². The van der Waals surface area contributed by atoms with Gasteiger partial charge in [0.2, 0.25) is 0 Å². The zero-order valence-corrected chi connectivity index (χ0v) is 11.9. The van der Waals surface area contributed by atoms with E-state index < -0.39 is 0 Å². The topological polar surface area (TPSA) is 53.7 Å². The molecule has 4 nitrogen and oxygen atoms in total. The number of methoxy groups -OCH3 is 3. The van der Waals surface area contributed by atoms with Crippen LogP contribution >= 0.6 is 0 Å². The number of nitrogens with two attached hydrogens (primary N) is 1. The summed E-state index contributed by atoms with van der Waals surface area (Å²) in [6.45, 7) is 4.79. The molecule has 1 rings (SSSR count). The minimum Gasteiger partial charge on any atom is -0.496 e. The summed E-state index contributed by atoms with van der Waals surface area (Å²) >= 11 is 0.